The van der Waals surface area contributed by atoms with E-state index in [-0.39, 0.29) is 29.5 Å². The molecule has 1 aliphatic carbocycles. The number of aryl methyl sites for hydroxylation is 1. The first kappa shape index (κ1) is 22.6. The van der Waals surface area contributed by atoms with Crippen LogP contribution in [0.15, 0.2) is 47.3 Å². The molecule has 34 heavy (non-hydrogen) atoms. The van der Waals surface area contributed by atoms with E-state index in [4.69, 9.17) is 11.6 Å². The number of para-hydroxylation sites is 1. The number of anilines is 1. The molecule has 0 radical (unpaired) electrons. The van der Waals surface area contributed by atoms with Gasteiger partial charge in [-0.05, 0) is 68.0 Å². The second-order valence-corrected chi connectivity index (χ2v) is 9.61. The molecule has 1 fully saturated rings. The van der Waals surface area contributed by atoms with Crippen LogP contribution in [0.3, 0.4) is 0 Å². The molecule has 1 saturated carbocycles. The van der Waals surface area contributed by atoms with Crippen molar-refractivity contribution in [3.8, 4) is 0 Å². The molecule has 2 aromatic carbocycles. The molecule has 2 N–H and O–H groups in total. The number of hydrogen-bond donors (Lipinski definition) is 2. The van der Waals surface area contributed by atoms with Gasteiger partial charge in [0.25, 0.3) is 5.56 Å². The molecule has 2 amide bonds. The summed E-state index contributed by atoms with van der Waals surface area (Å²) >= 11 is 6.08. The third-order valence-electron chi connectivity index (χ3n) is 6.82. The smallest absolute Gasteiger partial charge is 0.258 e. The fraction of sp³-hybridized carbons (Fsp3) is 0.385. The molecule has 8 heteroatoms. The van der Waals surface area contributed by atoms with Crippen molar-refractivity contribution in [2.45, 2.75) is 63.5 Å². The summed E-state index contributed by atoms with van der Waals surface area (Å²) in [4.78, 5) is 46.5. The van der Waals surface area contributed by atoms with Crippen LogP contribution in [-0.4, -0.2) is 33.9 Å². The molecule has 2 heterocycles. The summed E-state index contributed by atoms with van der Waals surface area (Å²) in [6.45, 7) is 0. The third-order valence-corrected chi connectivity index (χ3v) is 7.05. The molecule has 5 rings (SSSR count). The molecule has 0 spiro atoms. The Morgan fingerprint density at radius 3 is 2.74 bits per heavy atom. The highest BCUT2D eigenvalue weighted by molar-refractivity contribution is 6.30. The van der Waals surface area contributed by atoms with Crippen molar-refractivity contribution in [1.29, 1.82) is 0 Å². The Labute approximate surface area is 202 Å². The molecule has 0 bridgehead atoms. The first-order chi connectivity index (χ1) is 16.5. The largest absolute Gasteiger partial charge is 0.353 e. The lowest BCUT2D eigenvalue weighted by Crippen LogP contribution is -2.45. The lowest BCUT2D eigenvalue weighted by atomic mass is 9.90. The lowest BCUT2D eigenvalue weighted by Gasteiger charge is -2.35. The molecule has 0 unspecified atom stereocenters. The molecule has 1 aromatic heterocycles. The van der Waals surface area contributed by atoms with Gasteiger partial charge in [0, 0.05) is 35.6 Å². The number of nitrogens with zero attached hydrogens (tertiary/aromatic N) is 2. The molecular formula is C26H27ClN4O3. The van der Waals surface area contributed by atoms with E-state index in [9.17, 15) is 14.4 Å². The molecule has 1 aliphatic heterocycles. The number of halogens is 1. The molecule has 176 valence electrons. The summed E-state index contributed by atoms with van der Waals surface area (Å²) in [5.41, 5.74) is 2.49. The highest BCUT2D eigenvalue weighted by Crippen LogP contribution is 2.36. The molecule has 2 aliphatic rings. The number of amides is 2. The van der Waals surface area contributed by atoms with Gasteiger partial charge in [-0.25, -0.2) is 4.98 Å². The maximum Gasteiger partial charge on any atom is 0.258 e. The average molecular weight is 479 g/mol. The first-order valence-electron chi connectivity index (χ1n) is 11.9. The third kappa shape index (κ3) is 4.71. The second-order valence-electron chi connectivity index (χ2n) is 9.17. The summed E-state index contributed by atoms with van der Waals surface area (Å²) in [6, 6.07) is 13.2. The van der Waals surface area contributed by atoms with Crippen LogP contribution < -0.4 is 15.8 Å². The van der Waals surface area contributed by atoms with Gasteiger partial charge in [-0.3, -0.25) is 14.4 Å². The number of rotatable bonds is 6. The maximum absolute atomic E-state index is 12.6. The van der Waals surface area contributed by atoms with Gasteiger partial charge in [0.2, 0.25) is 11.8 Å². The quantitative estimate of drug-likeness (QED) is 0.561. The molecule has 0 saturated heterocycles. The number of hydrogen-bond acceptors (Lipinski definition) is 4. The minimum absolute atomic E-state index is 0.0174. The van der Waals surface area contributed by atoms with Gasteiger partial charge in [-0.2, -0.15) is 0 Å². The standard InChI is InChI=1S/C26H27ClN4O3/c27-17-8-13-22-16(14-17)15-25(33)31(22)19-11-9-18(10-12-19)28-24(32)7-3-6-23-29-21-5-2-1-4-20(21)26(34)30-23/h1-2,4-5,8,13-14,18-19H,3,6-7,9-12,15H2,(H,28,32)(H,29,30,34). The van der Waals surface area contributed by atoms with E-state index in [2.05, 4.69) is 15.3 Å². The van der Waals surface area contributed by atoms with E-state index in [0.29, 0.717) is 47.4 Å². The predicted molar refractivity (Wildman–Crippen MR) is 132 cm³/mol. The Balaban J connectivity index is 1.10. The van der Waals surface area contributed by atoms with Crippen molar-refractivity contribution in [3.05, 3.63) is 69.2 Å². The molecule has 3 aromatic rings. The molecule has 7 nitrogen and oxygen atoms in total. The summed E-state index contributed by atoms with van der Waals surface area (Å²) < 4.78 is 0. The van der Waals surface area contributed by atoms with Crippen LogP contribution in [0.1, 0.15) is 49.9 Å². The number of aromatic nitrogens is 2. The predicted octanol–water partition coefficient (Wildman–Crippen LogP) is 3.92. The second kappa shape index (κ2) is 9.58. The number of carbonyl (C=O) groups is 2. The molecule has 0 atom stereocenters. The van der Waals surface area contributed by atoms with E-state index in [0.717, 1.165) is 36.9 Å². The maximum atomic E-state index is 12.6. The Bertz CT molecular complexity index is 1300. The molecular weight excluding hydrogens is 452 g/mol. The topological polar surface area (TPSA) is 95.2 Å². The first-order valence-corrected chi connectivity index (χ1v) is 12.2. The number of benzene rings is 2. The average Bonchev–Trinajstić information content (AvgIpc) is 3.14. The van der Waals surface area contributed by atoms with Crippen molar-refractivity contribution >= 4 is 40.0 Å². The minimum Gasteiger partial charge on any atom is -0.353 e. The normalized spacial score (nSPS) is 19.9. The number of H-pyrrole nitrogens is 1. The SMILES string of the molecule is O=C(CCCc1nc2ccccc2c(=O)[nH]1)NC1CCC(N2C(=O)Cc3cc(Cl)ccc32)CC1. The van der Waals surface area contributed by atoms with Crippen molar-refractivity contribution < 1.29 is 9.59 Å². The van der Waals surface area contributed by atoms with Crippen molar-refractivity contribution in [2.75, 3.05) is 4.90 Å². The van der Waals surface area contributed by atoms with Gasteiger partial charge in [-0.15, -0.1) is 0 Å². The number of fused-ring (bicyclic) bond motifs is 2. The highest BCUT2D eigenvalue weighted by atomic mass is 35.5. The lowest BCUT2D eigenvalue weighted by molar-refractivity contribution is -0.122. The Morgan fingerprint density at radius 1 is 1.12 bits per heavy atom. The minimum atomic E-state index is -0.149. The van der Waals surface area contributed by atoms with Gasteiger partial charge < -0.3 is 15.2 Å². The summed E-state index contributed by atoms with van der Waals surface area (Å²) in [5, 5.41) is 4.37. The van der Waals surface area contributed by atoms with Crippen LogP contribution in [0.25, 0.3) is 10.9 Å². The summed E-state index contributed by atoms with van der Waals surface area (Å²) in [7, 11) is 0. The van der Waals surface area contributed by atoms with Crippen molar-refractivity contribution in [2.24, 2.45) is 0 Å². The van der Waals surface area contributed by atoms with Gasteiger partial charge in [0.15, 0.2) is 0 Å². The van der Waals surface area contributed by atoms with E-state index in [1.165, 1.54) is 0 Å². The zero-order valence-electron chi connectivity index (χ0n) is 18.9. The Morgan fingerprint density at radius 2 is 1.91 bits per heavy atom. The monoisotopic (exact) mass is 478 g/mol. The van der Waals surface area contributed by atoms with E-state index in [1.807, 2.05) is 41.3 Å². The number of nitrogens with one attached hydrogen (secondary N) is 2. The zero-order chi connectivity index (χ0) is 23.7. The van der Waals surface area contributed by atoms with Crippen LogP contribution in [0.2, 0.25) is 5.02 Å². The van der Waals surface area contributed by atoms with Crippen LogP contribution in [0.4, 0.5) is 5.69 Å². The van der Waals surface area contributed by atoms with Gasteiger partial charge in [-0.1, -0.05) is 23.7 Å². The fourth-order valence-corrected chi connectivity index (χ4v) is 5.36. The Hall–Kier alpha value is -3.19. The van der Waals surface area contributed by atoms with Crippen LogP contribution in [0, 0.1) is 0 Å². The van der Waals surface area contributed by atoms with Crippen molar-refractivity contribution in [3.63, 3.8) is 0 Å². The van der Waals surface area contributed by atoms with Gasteiger partial charge >= 0.3 is 0 Å². The Kier molecular flexibility index (Phi) is 6.37. The van der Waals surface area contributed by atoms with Gasteiger partial charge in [0.1, 0.15) is 5.82 Å². The summed E-state index contributed by atoms with van der Waals surface area (Å²) in [5.74, 6) is 0.753. The van der Waals surface area contributed by atoms with Gasteiger partial charge in [0.05, 0.1) is 17.3 Å². The number of aromatic amines is 1. The zero-order valence-corrected chi connectivity index (χ0v) is 19.6. The fourth-order valence-electron chi connectivity index (χ4n) is 5.16. The van der Waals surface area contributed by atoms with Crippen LogP contribution in [-0.2, 0) is 22.4 Å². The van der Waals surface area contributed by atoms with E-state index >= 15 is 0 Å². The van der Waals surface area contributed by atoms with Crippen LogP contribution in [0.5, 0.6) is 0 Å². The van der Waals surface area contributed by atoms with E-state index in [1.54, 1.807) is 6.07 Å². The van der Waals surface area contributed by atoms with E-state index < -0.39 is 0 Å². The van der Waals surface area contributed by atoms with Crippen LogP contribution >= 0.6 is 11.6 Å². The summed E-state index contributed by atoms with van der Waals surface area (Å²) in [6.07, 6.45) is 5.37. The van der Waals surface area contributed by atoms with Crippen molar-refractivity contribution in [1.82, 2.24) is 15.3 Å². The number of carbonyl (C=O) groups excluding carboxylic acids is 2. The highest BCUT2D eigenvalue weighted by Gasteiger charge is 2.35.